The zero-order valence-corrected chi connectivity index (χ0v) is 19.2. The molecule has 0 saturated heterocycles. The highest BCUT2D eigenvalue weighted by atomic mass is 16.5. The van der Waals surface area contributed by atoms with Gasteiger partial charge in [0, 0.05) is 5.39 Å². The first-order chi connectivity index (χ1) is 14.7. The second-order valence-electron chi connectivity index (χ2n) is 9.75. The molecule has 0 aromatic heterocycles. The van der Waals surface area contributed by atoms with Crippen LogP contribution < -0.4 is 9.64 Å². The van der Waals surface area contributed by atoms with E-state index in [1.54, 1.807) is 0 Å². The van der Waals surface area contributed by atoms with Crippen molar-refractivity contribution in [3.63, 3.8) is 0 Å². The van der Waals surface area contributed by atoms with Gasteiger partial charge in [-0.2, -0.15) is 0 Å². The van der Waals surface area contributed by atoms with E-state index in [0.717, 1.165) is 22.9 Å². The van der Waals surface area contributed by atoms with Crippen molar-refractivity contribution in [1.29, 1.82) is 0 Å². The number of hydrogen-bond donors (Lipinski definition) is 0. The average Bonchev–Trinajstić information content (AvgIpc) is 2.71. The molecule has 0 radical (unpaired) electrons. The van der Waals surface area contributed by atoms with Crippen molar-refractivity contribution in [3.05, 3.63) is 89.0 Å². The van der Waals surface area contributed by atoms with Crippen LogP contribution in [-0.2, 0) is 5.41 Å². The molecule has 0 amide bonds. The highest BCUT2D eigenvalue weighted by Gasteiger charge is 2.30. The number of aryl methyl sites for hydroxylation is 3. The predicted molar refractivity (Wildman–Crippen MR) is 132 cm³/mol. The molecular weight excluding hydrogens is 378 g/mol. The summed E-state index contributed by atoms with van der Waals surface area (Å²) in [6, 6.07) is 24.0. The van der Waals surface area contributed by atoms with Crippen LogP contribution in [0.25, 0.3) is 10.8 Å². The maximum Gasteiger partial charge on any atom is 0.152 e. The number of anilines is 3. The van der Waals surface area contributed by atoms with Gasteiger partial charge in [-0.05, 0) is 72.0 Å². The molecule has 156 valence electrons. The van der Waals surface area contributed by atoms with Gasteiger partial charge >= 0.3 is 0 Å². The molecule has 2 heteroatoms. The molecule has 0 aliphatic carbocycles. The van der Waals surface area contributed by atoms with Gasteiger partial charge in [0.05, 0.1) is 17.1 Å². The lowest BCUT2D eigenvalue weighted by Crippen LogP contribution is -2.19. The maximum absolute atomic E-state index is 6.43. The van der Waals surface area contributed by atoms with Crippen LogP contribution in [0.4, 0.5) is 17.1 Å². The summed E-state index contributed by atoms with van der Waals surface area (Å²) in [7, 11) is 0. The molecule has 1 heterocycles. The Morgan fingerprint density at radius 1 is 0.710 bits per heavy atom. The molecule has 2 nitrogen and oxygen atoms in total. The number of ether oxygens (including phenoxy) is 1. The number of nitrogens with zero attached hydrogens (tertiary/aromatic N) is 1. The predicted octanol–water partition coefficient (Wildman–Crippen LogP) is 8.64. The van der Waals surface area contributed by atoms with Gasteiger partial charge in [-0.3, -0.25) is 0 Å². The molecule has 0 unspecified atom stereocenters. The van der Waals surface area contributed by atoms with E-state index in [4.69, 9.17) is 4.74 Å². The van der Waals surface area contributed by atoms with Crippen molar-refractivity contribution in [3.8, 4) is 11.5 Å². The Hall–Kier alpha value is -3.26. The van der Waals surface area contributed by atoms with E-state index in [-0.39, 0.29) is 5.41 Å². The fourth-order valence-electron chi connectivity index (χ4n) is 4.65. The summed E-state index contributed by atoms with van der Waals surface area (Å²) in [6.45, 7) is 13.4. The summed E-state index contributed by atoms with van der Waals surface area (Å²) in [4.78, 5) is 2.41. The number of fused-ring (bicyclic) bond motifs is 4. The van der Waals surface area contributed by atoms with E-state index in [1.165, 1.54) is 38.7 Å². The Morgan fingerprint density at radius 3 is 2.13 bits per heavy atom. The molecule has 1 aliphatic rings. The van der Waals surface area contributed by atoms with Crippen molar-refractivity contribution < 1.29 is 4.74 Å². The fraction of sp³-hybridized carbons (Fsp3) is 0.241. The van der Waals surface area contributed by atoms with Gasteiger partial charge < -0.3 is 9.64 Å². The van der Waals surface area contributed by atoms with Gasteiger partial charge in [0.25, 0.3) is 0 Å². The minimum Gasteiger partial charge on any atom is -0.453 e. The quantitative estimate of drug-likeness (QED) is 0.276. The first-order valence-corrected chi connectivity index (χ1v) is 11.0. The second-order valence-corrected chi connectivity index (χ2v) is 9.75. The summed E-state index contributed by atoms with van der Waals surface area (Å²) >= 11 is 0. The maximum atomic E-state index is 6.43. The monoisotopic (exact) mass is 407 g/mol. The van der Waals surface area contributed by atoms with Crippen LogP contribution in [0.1, 0.15) is 43.0 Å². The Morgan fingerprint density at radius 2 is 1.42 bits per heavy atom. The van der Waals surface area contributed by atoms with Gasteiger partial charge in [-0.25, -0.2) is 0 Å². The highest BCUT2D eigenvalue weighted by molar-refractivity contribution is 6.04. The van der Waals surface area contributed by atoms with E-state index in [9.17, 15) is 0 Å². The molecule has 31 heavy (non-hydrogen) atoms. The van der Waals surface area contributed by atoms with Crippen LogP contribution in [0.5, 0.6) is 11.5 Å². The van der Waals surface area contributed by atoms with Crippen molar-refractivity contribution in [2.24, 2.45) is 0 Å². The largest absolute Gasteiger partial charge is 0.453 e. The Bertz CT molecular complexity index is 1300. The summed E-state index contributed by atoms with van der Waals surface area (Å²) < 4.78 is 6.43. The van der Waals surface area contributed by atoms with Crippen LogP contribution >= 0.6 is 0 Å². The third-order valence-electron chi connectivity index (χ3n) is 6.24. The lowest BCUT2D eigenvalue weighted by atomic mass is 9.84. The molecular formula is C29H29NO. The third-order valence-corrected chi connectivity index (χ3v) is 6.24. The molecule has 1 aliphatic heterocycles. The zero-order chi connectivity index (χ0) is 21.9. The normalized spacial score (nSPS) is 13.0. The summed E-state index contributed by atoms with van der Waals surface area (Å²) in [5.41, 5.74) is 8.65. The minimum atomic E-state index is 0.110. The van der Waals surface area contributed by atoms with Crippen LogP contribution in [0.15, 0.2) is 66.7 Å². The van der Waals surface area contributed by atoms with Gasteiger partial charge in [0.2, 0.25) is 0 Å². The molecule has 0 spiro atoms. The van der Waals surface area contributed by atoms with Crippen molar-refractivity contribution in [2.75, 3.05) is 4.90 Å². The summed E-state index contributed by atoms with van der Waals surface area (Å²) in [5, 5.41) is 2.41. The lowest BCUT2D eigenvalue weighted by molar-refractivity contribution is 0.477. The summed E-state index contributed by atoms with van der Waals surface area (Å²) in [6.07, 6.45) is 0. The van der Waals surface area contributed by atoms with E-state index in [2.05, 4.69) is 113 Å². The molecule has 0 N–H and O–H groups in total. The van der Waals surface area contributed by atoms with E-state index >= 15 is 0 Å². The van der Waals surface area contributed by atoms with Crippen molar-refractivity contribution in [2.45, 2.75) is 47.0 Å². The zero-order valence-electron chi connectivity index (χ0n) is 19.2. The number of benzene rings is 4. The number of rotatable bonds is 1. The molecule has 0 atom stereocenters. The van der Waals surface area contributed by atoms with Gasteiger partial charge in [0.1, 0.15) is 0 Å². The van der Waals surface area contributed by atoms with Gasteiger partial charge in [-0.15, -0.1) is 0 Å². The highest BCUT2D eigenvalue weighted by Crippen LogP contribution is 2.54. The molecule has 0 fully saturated rings. The van der Waals surface area contributed by atoms with Crippen molar-refractivity contribution >= 4 is 27.8 Å². The molecule has 0 bridgehead atoms. The van der Waals surface area contributed by atoms with Crippen molar-refractivity contribution in [1.82, 2.24) is 0 Å². The SMILES string of the molecule is Cc1ccc2c(c1)Oc1ccc3ccccc3c1N2c1c(C)cc(C(C)(C)C)cc1C. The Balaban J connectivity index is 1.85. The molecule has 4 aromatic carbocycles. The summed E-state index contributed by atoms with van der Waals surface area (Å²) in [5.74, 6) is 1.80. The van der Waals surface area contributed by atoms with E-state index in [1.807, 2.05) is 0 Å². The molecule has 5 rings (SSSR count). The van der Waals surface area contributed by atoms with E-state index in [0.29, 0.717) is 0 Å². The second kappa shape index (κ2) is 6.88. The van der Waals surface area contributed by atoms with Crippen LogP contribution in [0.2, 0.25) is 0 Å². The van der Waals surface area contributed by atoms with Gasteiger partial charge in [-0.1, -0.05) is 69.3 Å². The first-order valence-electron chi connectivity index (χ1n) is 11.0. The van der Waals surface area contributed by atoms with Crippen LogP contribution in [0, 0.1) is 20.8 Å². The first kappa shape index (κ1) is 19.7. The van der Waals surface area contributed by atoms with E-state index < -0.39 is 0 Å². The molecule has 0 saturated carbocycles. The standard InChI is InChI=1S/C29H29NO/c1-18-11-13-24-26(15-18)31-25-14-12-21-9-7-8-10-23(21)28(25)30(24)27-19(2)16-22(17-20(27)3)29(4,5)6/h7-17H,1-6H3. The Kier molecular flexibility index (Phi) is 4.37. The topological polar surface area (TPSA) is 12.5 Å². The smallest absolute Gasteiger partial charge is 0.152 e. The number of hydrogen-bond acceptors (Lipinski definition) is 2. The minimum absolute atomic E-state index is 0.110. The fourth-order valence-corrected chi connectivity index (χ4v) is 4.65. The Labute approximate surface area is 185 Å². The molecule has 4 aromatic rings. The average molecular weight is 408 g/mol. The lowest BCUT2D eigenvalue weighted by Gasteiger charge is -2.36. The van der Waals surface area contributed by atoms with Crippen LogP contribution in [0.3, 0.4) is 0 Å². The van der Waals surface area contributed by atoms with Gasteiger partial charge in [0.15, 0.2) is 11.5 Å². The van der Waals surface area contributed by atoms with Crippen LogP contribution in [-0.4, -0.2) is 0 Å². The third kappa shape index (κ3) is 3.18.